The molecule has 0 spiro atoms. The number of aryl methyl sites for hydroxylation is 1. The summed E-state index contributed by atoms with van der Waals surface area (Å²) in [5.74, 6) is 1.69. The molecule has 0 saturated carbocycles. The monoisotopic (exact) mass is 345 g/mol. The number of benzene rings is 1. The number of carbonyl (C=O) groups is 1. The number of carbonyl (C=O) groups excluding carboxylic acids is 1. The molecule has 0 fully saturated rings. The van der Waals surface area contributed by atoms with Crippen molar-refractivity contribution in [2.24, 2.45) is 0 Å². The second-order valence-corrected chi connectivity index (χ2v) is 7.16. The molecule has 24 heavy (non-hydrogen) atoms. The zero-order valence-corrected chi connectivity index (χ0v) is 15.2. The van der Waals surface area contributed by atoms with E-state index in [1.54, 1.807) is 25.6 Å². The molecular weight excluding hydrogens is 322 g/mol. The summed E-state index contributed by atoms with van der Waals surface area (Å²) >= 11 is 1.71. The van der Waals surface area contributed by atoms with Crippen LogP contribution in [0.5, 0.6) is 11.5 Å². The van der Waals surface area contributed by atoms with Gasteiger partial charge in [0.05, 0.1) is 14.2 Å². The minimum absolute atomic E-state index is 0.200. The highest BCUT2D eigenvalue weighted by Crippen LogP contribution is 2.34. The Morgan fingerprint density at radius 3 is 2.58 bits per heavy atom. The number of hydrogen-bond donors (Lipinski definition) is 0. The number of methoxy groups -OCH3 is 2. The van der Waals surface area contributed by atoms with E-state index in [0.717, 1.165) is 29.9 Å². The third kappa shape index (κ3) is 3.41. The molecule has 4 nitrogen and oxygen atoms in total. The zero-order chi connectivity index (χ0) is 17.1. The Labute approximate surface area is 147 Å². The van der Waals surface area contributed by atoms with Gasteiger partial charge < -0.3 is 14.4 Å². The van der Waals surface area contributed by atoms with Gasteiger partial charge in [0, 0.05) is 23.9 Å². The van der Waals surface area contributed by atoms with Crippen molar-refractivity contribution >= 4 is 17.2 Å². The van der Waals surface area contributed by atoms with E-state index >= 15 is 0 Å². The molecule has 1 atom stereocenters. The van der Waals surface area contributed by atoms with E-state index in [0.29, 0.717) is 13.0 Å². The summed E-state index contributed by atoms with van der Waals surface area (Å²) in [6, 6.07) is 8.36. The van der Waals surface area contributed by atoms with Gasteiger partial charge in [-0.25, -0.2) is 0 Å². The molecule has 1 unspecified atom stereocenters. The molecule has 1 aliphatic rings. The van der Waals surface area contributed by atoms with Crippen molar-refractivity contribution < 1.29 is 14.3 Å². The molecule has 3 rings (SSSR count). The van der Waals surface area contributed by atoms with Crippen LogP contribution in [0.3, 0.4) is 0 Å². The molecule has 0 bridgehead atoms. The lowest BCUT2D eigenvalue weighted by molar-refractivity contribution is -0.134. The maximum atomic E-state index is 12.7. The standard InChI is InChI=1S/C19H23NO3S/c1-13-9-14-10-17(22-2)18(23-3)11-15(14)12-20(13)19(21)7-6-16-5-4-8-24-16/h4-5,8,10-11,13H,6-7,9,12H2,1-3H3. The first-order chi connectivity index (χ1) is 11.6. The molecule has 1 aromatic carbocycles. The second-order valence-electron chi connectivity index (χ2n) is 6.13. The van der Waals surface area contributed by atoms with Crippen molar-refractivity contribution in [1.29, 1.82) is 0 Å². The number of nitrogens with zero attached hydrogens (tertiary/aromatic N) is 1. The first-order valence-electron chi connectivity index (χ1n) is 8.18. The highest BCUT2D eigenvalue weighted by molar-refractivity contribution is 7.09. The summed E-state index contributed by atoms with van der Waals surface area (Å²) in [7, 11) is 3.29. The zero-order valence-electron chi connectivity index (χ0n) is 14.4. The normalized spacial score (nSPS) is 16.6. The van der Waals surface area contributed by atoms with E-state index in [1.165, 1.54) is 10.4 Å². The van der Waals surface area contributed by atoms with Gasteiger partial charge in [-0.15, -0.1) is 11.3 Å². The molecule has 0 aliphatic carbocycles. The van der Waals surface area contributed by atoms with E-state index in [9.17, 15) is 4.79 Å². The van der Waals surface area contributed by atoms with Gasteiger partial charge in [-0.05, 0) is 54.5 Å². The van der Waals surface area contributed by atoms with Crippen molar-refractivity contribution in [2.45, 2.75) is 38.8 Å². The lowest BCUT2D eigenvalue weighted by atomic mass is 9.93. The van der Waals surface area contributed by atoms with E-state index in [2.05, 4.69) is 18.4 Å². The molecule has 1 amide bonds. The van der Waals surface area contributed by atoms with Crippen molar-refractivity contribution in [1.82, 2.24) is 4.90 Å². The number of thiophene rings is 1. The summed E-state index contributed by atoms with van der Waals surface area (Å²) in [6.45, 7) is 2.75. The Balaban J connectivity index is 1.74. The van der Waals surface area contributed by atoms with E-state index in [4.69, 9.17) is 9.47 Å². The quantitative estimate of drug-likeness (QED) is 0.830. The van der Waals surface area contributed by atoms with Crippen LogP contribution in [0.4, 0.5) is 0 Å². The molecule has 0 N–H and O–H groups in total. The lowest BCUT2D eigenvalue weighted by Gasteiger charge is -2.35. The van der Waals surface area contributed by atoms with E-state index < -0.39 is 0 Å². The number of hydrogen-bond acceptors (Lipinski definition) is 4. The number of amides is 1. The number of ether oxygens (including phenoxy) is 2. The van der Waals surface area contributed by atoms with Crippen LogP contribution in [0.1, 0.15) is 29.3 Å². The molecule has 2 heterocycles. The highest BCUT2D eigenvalue weighted by Gasteiger charge is 2.27. The van der Waals surface area contributed by atoms with Crippen LogP contribution in [-0.2, 0) is 24.2 Å². The highest BCUT2D eigenvalue weighted by atomic mass is 32.1. The molecule has 5 heteroatoms. The topological polar surface area (TPSA) is 38.8 Å². The lowest BCUT2D eigenvalue weighted by Crippen LogP contribution is -2.42. The molecular formula is C19H23NO3S. The van der Waals surface area contributed by atoms with Crippen LogP contribution in [-0.4, -0.2) is 31.1 Å². The van der Waals surface area contributed by atoms with Gasteiger partial charge in [0.25, 0.3) is 0 Å². The Morgan fingerprint density at radius 1 is 1.25 bits per heavy atom. The van der Waals surface area contributed by atoms with Gasteiger partial charge in [-0.2, -0.15) is 0 Å². The van der Waals surface area contributed by atoms with Crippen LogP contribution in [0.25, 0.3) is 0 Å². The van der Waals surface area contributed by atoms with Crippen molar-refractivity contribution in [3.05, 3.63) is 45.6 Å². The molecule has 128 valence electrons. The first kappa shape index (κ1) is 16.8. The summed E-state index contributed by atoms with van der Waals surface area (Å²) < 4.78 is 10.8. The van der Waals surface area contributed by atoms with Crippen molar-refractivity contribution in [2.75, 3.05) is 14.2 Å². The maximum absolute atomic E-state index is 12.7. The Morgan fingerprint density at radius 2 is 1.96 bits per heavy atom. The predicted molar refractivity (Wildman–Crippen MR) is 95.9 cm³/mol. The van der Waals surface area contributed by atoms with Gasteiger partial charge in [-0.3, -0.25) is 4.79 Å². The average molecular weight is 345 g/mol. The number of rotatable bonds is 5. The van der Waals surface area contributed by atoms with Crippen LogP contribution >= 0.6 is 11.3 Å². The summed E-state index contributed by atoms with van der Waals surface area (Å²) in [5, 5.41) is 2.05. The van der Waals surface area contributed by atoms with Crippen molar-refractivity contribution in [3.63, 3.8) is 0 Å². The summed E-state index contributed by atoms with van der Waals surface area (Å²) in [5.41, 5.74) is 2.39. The van der Waals surface area contributed by atoms with Crippen molar-refractivity contribution in [3.8, 4) is 11.5 Å². The minimum Gasteiger partial charge on any atom is -0.493 e. The van der Waals surface area contributed by atoms with E-state index in [1.807, 2.05) is 23.1 Å². The third-order valence-electron chi connectivity index (χ3n) is 4.58. The Bertz CT molecular complexity index is 712. The number of fused-ring (bicyclic) bond motifs is 1. The van der Waals surface area contributed by atoms with Gasteiger partial charge in [0.15, 0.2) is 11.5 Å². The fraction of sp³-hybridized carbons (Fsp3) is 0.421. The molecule has 0 saturated heterocycles. The van der Waals surface area contributed by atoms with Crippen LogP contribution in [0.15, 0.2) is 29.6 Å². The van der Waals surface area contributed by atoms with Crippen LogP contribution in [0, 0.1) is 0 Å². The second kappa shape index (κ2) is 7.26. The molecule has 1 aromatic heterocycles. The predicted octanol–water partition coefficient (Wildman–Crippen LogP) is 3.67. The average Bonchev–Trinajstić information content (AvgIpc) is 3.11. The Kier molecular flexibility index (Phi) is 5.09. The Hall–Kier alpha value is -2.01. The van der Waals surface area contributed by atoms with Gasteiger partial charge in [-0.1, -0.05) is 6.07 Å². The first-order valence-corrected chi connectivity index (χ1v) is 9.06. The molecule has 1 aliphatic heterocycles. The van der Waals surface area contributed by atoms with E-state index in [-0.39, 0.29) is 11.9 Å². The SMILES string of the molecule is COc1cc2c(cc1OC)CN(C(=O)CCc1cccs1)C(C)C2. The smallest absolute Gasteiger partial charge is 0.223 e. The third-order valence-corrected chi connectivity index (χ3v) is 5.52. The van der Waals surface area contributed by atoms with Crippen LogP contribution in [0.2, 0.25) is 0 Å². The summed E-state index contributed by atoms with van der Waals surface area (Å²) in [4.78, 5) is 15.9. The molecule has 2 aromatic rings. The summed E-state index contributed by atoms with van der Waals surface area (Å²) in [6.07, 6.45) is 2.23. The maximum Gasteiger partial charge on any atom is 0.223 e. The van der Waals surface area contributed by atoms with Gasteiger partial charge >= 0.3 is 0 Å². The minimum atomic E-state index is 0.200. The largest absolute Gasteiger partial charge is 0.493 e. The van der Waals surface area contributed by atoms with Gasteiger partial charge in [0.2, 0.25) is 5.91 Å². The van der Waals surface area contributed by atoms with Crippen LogP contribution < -0.4 is 9.47 Å². The molecule has 0 radical (unpaired) electrons. The fourth-order valence-electron chi connectivity index (χ4n) is 3.23. The van der Waals surface area contributed by atoms with Gasteiger partial charge in [0.1, 0.15) is 0 Å². The fourth-order valence-corrected chi connectivity index (χ4v) is 3.94.